The summed E-state index contributed by atoms with van der Waals surface area (Å²) < 4.78 is 10.6. The Hall–Kier alpha value is -1.30. The van der Waals surface area contributed by atoms with Crippen LogP contribution in [0.1, 0.15) is 18.4 Å². The van der Waals surface area contributed by atoms with Crippen LogP contribution in [0.3, 0.4) is 0 Å². The van der Waals surface area contributed by atoms with E-state index in [0.29, 0.717) is 49.9 Å². The predicted octanol–water partition coefficient (Wildman–Crippen LogP) is 1.72. The minimum absolute atomic E-state index is 0.0460. The van der Waals surface area contributed by atoms with Crippen LogP contribution in [0.5, 0.6) is 5.75 Å². The van der Waals surface area contributed by atoms with E-state index in [4.69, 9.17) is 26.8 Å². The normalized spacial score (nSPS) is 17.3. The molecule has 0 aromatic heterocycles. The van der Waals surface area contributed by atoms with Gasteiger partial charge in [0, 0.05) is 36.9 Å². The van der Waals surface area contributed by atoms with Gasteiger partial charge in [-0.25, -0.2) is 0 Å². The first-order chi connectivity index (χ1) is 10.1. The van der Waals surface area contributed by atoms with Gasteiger partial charge in [0.2, 0.25) is 5.91 Å². The fourth-order valence-corrected chi connectivity index (χ4v) is 2.78. The number of halogens is 1. The molecule has 1 aliphatic heterocycles. The van der Waals surface area contributed by atoms with E-state index in [1.165, 1.54) is 0 Å². The number of hydrogen-bond acceptors (Lipinski definition) is 4. The van der Waals surface area contributed by atoms with Crippen molar-refractivity contribution in [3.8, 4) is 5.75 Å². The zero-order valence-corrected chi connectivity index (χ0v) is 12.9. The van der Waals surface area contributed by atoms with Crippen molar-refractivity contribution < 1.29 is 14.3 Å². The maximum Gasteiger partial charge on any atom is 0.227 e. The van der Waals surface area contributed by atoms with Gasteiger partial charge in [-0.2, -0.15) is 0 Å². The molecule has 1 aliphatic rings. The molecule has 0 unspecified atom stereocenters. The number of benzene rings is 1. The van der Waals surface area contributed by atoms with Crippen LogP contribution in [0, 0.1) is 5.41 Å². The molecule has 1 amide bonds. The molecule has 1 fully saturated rings. The van der Waals surface area contributed by atoms with Crippen molar-refractivity contribution in [3.63, 3.8) is 0 Å². The highest BCUT2D eigenvalue weighted by atomic mass is 35.5. The Labute approximate surface area is 129 Å². The lowest BCUT2D eigenvalue weighted by Gasteiger charge is -2.34. The molecule has 0 spiro atoms. The van der Waals surface area contributed by atoms with E-state index in [2.05, 4.69) is 5.32 Å². The molecule has 1 aromatic rings. The van der Waals surface area contributed by atoms with Crippen molar-refractivity contribution in [2.45, 2.75) is 19.4 Å². The Balaban J connectivity index is 2.07. The van der Waals surface area contributed by atoms with Gasteiger partial charge in [-0.3, -0.25) is 4.79 Å². The van der Waals surface area contributed by atoms with Crippen LogP contribution in [0.25, 0.3) is 0 Å². The van der Waals surface area contributed by atoms with Gasteiger partial charge >= 0.3 is 0 Å². The Bertz CT molecular complexity index is 502. The van der Waals surface area contributed by atoms with Crippen LogP contribution in [0.2, 0.25) is 5.02 Å². The summed E-state index contributed by atoms with van der Waals surface area (Å²) in [5.41, 5.74) is 6.06. The van der Waals surface area contributed by atoms with Gasteiger partial charge in [0.25, 0.3) is 0 Å². The molecule has 21 heavy (non-hydrogen) atoms. The maximum atomic E-state index is 12.5. The molecular weight excluding hydrogens is 292 g/mol. The van der Waals surface area contributed by atoms with E-state index in [9.17, 15) is 4.79 Å². The zero-order chi connectivity index (χ0) is 15.3. The second-order valence-electron chi connectivity index (χ2n) is 5.20. The largest absolute Gasteiger partial charge is 0.496 e. The number of nitrogens with two attached hydrogens (primary N) is 1. The Morgan fingerprint density at radius 1 is 1.48 bits per heavy atom. The Morgan fingerprint density at radius 3 is 2.81 bits per heavy atom. The molecule has 0 atom stereocenters. The number of carbonyl (C=O) groups excluding carboxylic acids is 1. The van der Waals surface area contributed by atoms with Crippen LogP contribution in [0.15, 0.2) is 18.2 Å². The lowest BCUT2D eigenvalue weighted by atomic mass is 9.79. The molecule has 1 heterocycles. The van der Waals surface area contributed by atoms with Crippen molar-refractivity contribution in [1.29, 1.82) is 0 Å². The molecule has 0 bridgehead atoms. The lowest BCUT2D eigenvalue weighted by molar-refractivity contribution is -0.136. The Kier molecular flexibility index (Phi) is 5.45. The SMILES string of the molecule is COc1cccc(Cl)c1CNC(=O)C1(CN)CCOCC1. The van der Waals surface area contributed by atoms with E-state index in [-0.39, 0.29) is 5.91 Å². The van der Waals surface area contributed by atoms with E-state index in [0.717, 1.165) is 5.56 Å². The number of carbonyl (C=O) groups is 1. The number of methoxy groups -OCH3 is 1. The number of hydrogen-bond donors (Lipinski definition) is 2. The summed E-state index contributed by atoms with van der Waals surface area (Å²) in [6, 6.07) is 5.41. The second kappa shape index (κ2) is 7.11. The molecule has 0 aliphatic carbocycles. The highest BCUT2D eigenvalue weighted by Crippen LogP contribution is 2.30. The summed E-state index contributed by atoms with van der Waals surface area (Å²) in [5, 5.41) is 3.51. The van der Waals surface area contributed by atoms with E-state index in [1.807, 2.05) is 12.1 Å². The fourth-order valence-electron chi connectivity index (χ4n) is 2.54. The fraction of sp³-hybridized carbons (Fsp3) is 0.533. The zero-order valence-electron chi connectivity index (χ0n) is 12.2. The number of amides is 1. The highest BCUT2D eigenvalue weighted by Gasteiger charge is 2.38. The summed E-state index contributed by atoms with van der Waals surface area (Å²) >= 11 is 6.17. The van der Waals surface area contributed by atoms with Crippen LogP contribution in [0.4, 0.5) is 0 Å². The minimum Gasteiger partial charge on any atom is -0.496 e. The highest BCUT2D eigenvalue weighted by molar-refractivity contribution is 6.31. The summed E-state index contributed by atoms with van der Waals surface area (Å²) in [4.78, 5) is 12.5. The molecule has 0 radical (unpaired) electrons. The standard InChI is InChI=1S/C15H21ClN2O3/c1-20-13-4-2-3-12(16)11(13)9-18-14(19)15(10-17)5-7-21-8-6-15/h2-4H,5-10,17H2,1H3,(H,18,19). The van der Waals surface area contributed by atoms with Gasteiger partial charge in [0.15, 0.2) is 0 Å². The number of nitrogens with one attached hydrogen (secondary N) is 1. The molecule has 1 aromatic carbocycles. The molecule has 2 rings (SSSR count). The van der Waals surface area contributed by atoms with Crippen LogP contribution in [-0.2, 0) is 16.1 Å². The quantitative estimate of drug-likeness (QED) is 0.868. The number of ether oxygens (including phenoxy) is 2. The summed E-state index contributed by atoms with van der Waals surface area (Å²) in [5.74, 6) is 0.617. The average molecular weight is 313 g/mol. The van der Waals surface area contributed by atoms with Gasteiger partial charge in [-0.05, 0) is 25.0 Å². The van der Waals surface area contributed by atoms with Crippen molar-refractivity contribution >= 4 is 17.5 Å². The average Bonchev–Trinajstić information content (AvgIpc) is 2.53. The first kappa shape index (κ1) is 16.1. The van der Waals surface area contributed by atoms with E-state index >= 15 is 0 Å². The minimum atomic E-state index is -0.535. The van der Waals surface area contributed by atoms with Crippen molar-refractivity contribution in [2.75, 3.05) is 26.9 Å². The monoisotopic (exact) mass is 312 g/mol. The van der Waals surface area contributed by atoms with Gasteiger partial charge in [0.05, 0.1) is 12.5 Å². The number of rotatable bonds is 5. The first-order valence-corrected chi connectivity index (χ1v) is 7.38. The van der Waals surface area contributed by atoms with Crippen LogP contribution >= 0.6 is 11.6 Å². The topological polar surface area (TPSA) is 73.6 Å². The van der Waals surface area contributed by atoms with E-state index < -0.39 is 5.41 Å². The molecular formula is C15H21ClN2O3. The maximum absolute atomic E-state index is 12.5. The molecule has 116 valence electrons. The van der Waals surface area contributed by atoms with Gasteiger partial charge < -0.3 is 20.5 Å². The summed E-state index contributed by atoms with van der Waals surface area (Å²) in [7, 11) is 1.58. The van der Waals surface area contributed by atoms with Crippen molar-refractivity contribution in [3.05, 3.63) is 28.8 Å². The van der Waals surface area contributed by atoms with Crippen LogP contribution in [-0.4, -0.2) is 32.8 Å². The summed E-state index contributed by atoms with van der Waals surface area (Å²) in [6.07, 6.45) is 1.30. The van der Waals surface area contributed by atoms with E-state index in [1.54, 1.807) is 13.2 Å². The van der Waals surface area contributed by atoms with Gasteiger partial charge in [0.1, 0.15) is 5.75 Å². The Morgan fingerprint density at radius 2 is 2.19 bits per heavy atom. The lowest BCUT2D eigenvalue weighted by Crippen LogP contribution is -2.49. The molecule has 1 saturated heterocycles. The third kappa shape index (κ3) is 3.48. The third-order valence-corrected chi connectivity index (χ3v) is 4.40. The van der Waals surface area contributed by atoms with Gasteiger partial charge in [-0.15, -0.1) is 0 Å². The molecule has 5 nitrogen and oxygen atoms in total. The third-order valence-electron chi connectivity index (χ3n) is 4.04. The summed E-state index contributed by atoms with van der Waals surface area (Å²) in [6.45, 7) is 1.78. The van der Waals surface area contributed by atoms with Gasteiger partial charge in [-0.1, -0.05) is 17.7 Å². The van der Waals surface area contributed by atoms with Crippen molar-refractivity contribution in [2.24, 2.45) is 11.1 Å². The molecule has 6 heteroatoms. The predicted molar refractivity (Wildman–Crippen MR) is 81.4 cm³/mol. The smallest absolute Gasteiger partial charge is 0.227 e. The van der Waals surface area contributed by atoms with Crippen LogP contribution < -0.4 is 15.8 Å². The van der Waals surface area contributed by atoms with Crippen molar-refractivity contribution in [1.82, 2.24) is 5.32 Å². The molecule has 0 saturated carbocycles. The second-order valence-corrected chi connectivity index (χ2v) is 5.61. The molecule has 3 N–H and O–H groups in total. The first-order valence-electron chi connectivity index (χ1n) is 7.00.